The third-order valence-electron chi connectivity index (χ3n) is 3.07. The number of ether oxygens (including phenoxy) is 1. The molecule has 1 aromatic carbocycles. The van der Waals surface area contributed by atoms with Crippen LogP contribution in [0.1, 0.15) is 23.6 Å². The predicted octanol–water partition coefficient (Wildman–Crippen LogP) is 4.08. The summed E-state index contributed by atoms with van der Waals surface area (Å²) in [5, 5.41) is 3.47. The largest absolute Gasteiger partial charge is 0.492 e. The Kier molecular flexibility index (Phi) is 4.90. The zero-order valence-electron chi connectivity index (χ0n) is 12.3. The molecular weight excluding hydrogens is 268 g/mol. The highest BCUT2D eigenvalue weighted by molar-refractivity contribution is 7.11. The summed E-state index contributed by atoms with van der Waals surface area (Å²) in [7, 11) is 0. The first-order valence-corrected chi connectivity index (χ1v) is 7.75. The van der Waals surface area contributed by atoms with Gasteiger partial charge in [0, 0.05) is 22.2 Å². The predicted molar refractivity (Wildman–Crippen MR) is 87.9 cm³/mol. The third kappa shape index (κ3) is 3.67. The van der Waals surface area contributed by atoms with Gasteiger partial charge in [0.1, 0.15) is 5.75 Å². The second-order valence-corrected chi connectivity index (χ2v) is 6.28. The van der Waals surface area contributed by atoms with Crippen molar-refractivity contribution in [2.75, 3.05) is 17.7 Å². The molecule has 0 saturated carbocycles. The number of nitrogens with two attached hydrogens (primary N) is 1. The molecular formula is C16H22N2OS. The highest BCUT2D eigenvalue weighted by Gasteiger charge is 2.10. The summed E-state index contributed by atoms with van der Waals surface area (Å²) in [5.74, 6) is 0.747. The van der Waals surface area contributed by atoms with E-state index in [1.54, 1.807) is 0 Å². The molecule has 0 saturated heterocycles. The van der Waals surface area contributed by atoms with Gasteiger partial charge in [-0.15, -0.1) is 11.3 Å². The smallest absolute Gasteiger partial charge is 0.144 e. The Morgan fingerprint density at radius 2 is 2.10 bits per heavy atom. The molecule has 1 aromatic heterocycles. The summed E-state index contributed by atoms with van der Waals surface area (Å²) in [6, 6.07) is 10.5. The van der Waals surface area contributed by atoms with E-state index >= 15 is 0 Å². The van der Waals surface area contributed by atoms with E-state index in [9.17, 15) is 0 Å². The minimum absolute atomic E-state index is 0.326. The standard InChI is InChI=1S/C16H22N2OS/c1-4-19-15-7-5-6-14(16(15)17)18-11(2)10-13-9-8-12(3)20-13/h5-9,11,18H,4,10,17H2,1-3H3. The number of benzene rings is 1. The van der Waals surface area contributed by atoms with Gasteiger partial charge in [-0.05, 0) is 45.0 Å². The van der Waals surface area contributed by atoms with Crippen molar-refractivity contribution in [1.82, 2.24) is 0 Å². The van der Waals surface area contributed by atoms with Crippen molar-refractivity contribution in [3.8, 4) is 5.75 Å². The first kappa shape index (κ1) is 14.7. The van der Waals surface area contributed by atoms with Crippen LogP contribution in [0.3, 0.4) is 0 Å². The highest BCUT2D eigenvalue weighted by Crippen LogP contribution is 2.30. The quantitative estimate of drug-likeness (QED) is 0.788. The lowest BCUT2D eigenvalue weighted by Gasteiger charge is -2.18. The molecule has 0 bridgehead atoms. The second-order valence-electron chi connectivity index (χ2n) is 4.91. The summed E-state index contributed by atoms with van der Waals surface area (Å²) in [6.07, 6.45) is 0.997. The molecule has 108 valence electrons. The van der Waals surface area contributed by atoms with Crippen LogP contribution >= 0.6 is 11.3 Å². The Morgan fingerprint density at radius 1 is 1.30 bits per heavy atom. The first-order valence-electron chi connectivity index (χ1n) is 6.93. The topological polar surface area (TPSA) is 47.3 Å². The zero-order valence-corrected chi connectivity index (χ0v) is 13.1. The third-order valence-corrected chi connectivity index (χ3v) is 4.09. The molecule has 0 spiro atoms. The number of rotatable bonds is 6. The number of aryl methyl sites for hydroxylation is 1. The molecule has 0 aliphatic rings. The molecule has 0 radical (unpaired) electrons. The number of nitrogen functional groups attached to an aromatic ring is 1. The van der Waals surface area contributed by atoms with Gasteiger partial charge in [-0.2, -0.15) is 0 Å². The summed E-state index contributed by atoms with van der Waals surface area (Å²) >= 11 is 1.85. The van der Waals surface area contributed by atoms with E-state index in [2.05, 4.69) is 31.3 Å². The van der Waals surface area contributed by atoms with E-state index in [1.165, 1.54) is 9.75 Å². The van der Waals surface area contributed by atoms with E-state index in [0.29, 0.717) is 18.3 Å². The Labute approximate surface area is 124 Å². The molecule has 3 N–H and O–H groups in total. The number of anilines is 2. The fourth-order valence-corrected chi connectivity index (χ4v) is 3.18. The molecule has 4 heteroatoms. The van der Waals surface area contributed by atoms with Gasteiger partial charge in [0.15, 0.2) is 0 Å². The molecule has 1 heterocycles. The van der Waals surface area contributed by atoms with Gasteiger partial charge in [-0.25, -0.2) is 0 Å². The highest BCUT2D eigenvalue weighted by atomic mass is 32.1. The van der Waals surface area contributed by atoms with Crippen LogP contribution in [0.15, 0.2) is 30.3 Å². The molecule has 0 amide bonds. The number of hydrogen-bond acceptors (Lipinski definition) is 4. The van der Waals surface area contributed by atoms with E-state index < -0.39 is 0 Å². The summed E-state index contributed by atoms with van der Waals surface area (Å²) in [4.78, 5) is 2.74. The fourth-order valence-electron chi connectivity index (χ4n) is 2.16. The molecule has 2 aromatic rings. The Bertz CT molecular complexity index is 565. The number of hydrogen-bond donors (Lipinski definition) is 2. The van der Waals surface area contributed by atoms with Crippen molar-refractivity contribution >= 4 is 22.7 Å². The van der Waals surface area contributed by atoms with Crippen molar-refractivity contribution in [2.24, 2.45) is 0 Å². The molecule has 0 aliphatic heterocycles. The van der Waals surface area contributed by atoms with Crippen molar-refractivity contribution in [1.29, 1.82) is 0 Å². The lowest BCUT2D eigenvalue weighted by molar-refractivity contribution is 0.342. The minimum Gasteiger partial charge on any atom is -0.492 e. The summed E-state index contributed by atoms with van der Waals surface area (Å²) < 4.78 is 5.52. The Balaban J connectivity index is 2.03. The van der Waals surface area contributed by atoms with Crippen molar-refractivity contribution in [3.05, 3.63) is 40.1 Å². The Morgan fingerprint density at radius 3 is 2.75 bits per heavy atom. The van der Waals surface area contributed by atoms with Crippen molar-refractivity contribution in [2.45, 2.75) is 33.2 Å². The number of para-hydroxylation sites is 1. The van der Waals surface area contributed by atoms with Gasteiger partial charge in [0.2, 0.25) is 0 Å². The van der Waals surface area contributed by atoms with Crippen LogP contribution in [0.5, 0.6) is 5.75 Å². The molecule has 20 heavy (non-hydrogen) atoms. The van der Waals surface area contributed by atoms with Crippen LogP contribution in [0.2, 0.25) is 0 Å². The van der Waals surface area contributed by atoms with Gasteiger partial charge in [-0.1, -0.05) is 6.07 Å². The monoisotopic (exact) mass is 290 g/mol. The SMILES string of the molecule is CCOc1cccc(NC(C)Cc2ccc(C)s2)c1N. The minimum atomic E-state index is 0.326. The molecule has 1 atom stereocenters. The lowest BCUT2D eigenvalue weighted by atomic mass is 10.1. The van der Waals surface area contributed by atoms with Crippen LogP contribution < -0.4 is 15.8 Å². The molecule has 3 nitrogen and oxygen atoms in total. The first-order chi connectivity index (χ1) is 9.60. The second kappa shape index (κ2) is 6.66. The Hall–Kier alpha value is -1.68. The lowest BCUT2D eigenvalue weighted by Crippen LogP contribution is -2.18. The summed E-state index contributed by atoms with van der Waals surface area (Å²) in [6.45, 7) is 6.89. The summed E-state index contributed by atoms with van der Waals surface area (Å²) in [5.41, 5.74) is 7.76. The van der Waals surface area contributed by atoms with Gasteiger partial charge in [-0.3, -0.25) is 0 Å². The maximum absolute atomic E-state index is 6.13. The molecule has 0 aliphatic carbocycles. The maximum Gasteiger partial charge on any atom is 0.144 e. The van der Waals surface area contributed by atoms with Crippen LogP contribution in [-0.2, 0) is 6.42 Å². The molecule has 0 fully saturated rings. The van der Waals surface area contributed by atoms with E-state index in [1.807, 2.05) is 36.5 Å². The number of thiophene rings is 1. The molecule has 1 unspecified atom stereocenters. The molecule has 2 rings (SSSR count). The van der Waals surface area contributed by atoms with E-state index in [4.69, 9.17) is 10.5 Å². The normalized spacial score (nSPS) is 12.2. The average Bonchev–Trinajstić information content (AvgIpc) is 2.80. The van der Waals surface area contributed by atoms with E-state index in [0.717, 1.165) is 17.9 Å². The van der Waals surface area contributed by atoms with Gasteiger partial charge in [0.25, 0.3) is 0 Å². The van der Waals surface area contributed by atoms with Crippen LogP contribution in [0, 0.1) is 6.92 Å². The zero-order chi connectivity index (χ0) is 14.5. The maximum atomic E-state index is 6.13. The average molecular weight is 290 g/mol. The van der Waals surface area contributed by atoms with Crippen LogP contribution in [-0.4, -0.2) is 12.6 Å². The van der Waals surface area contributed by atoms with Gasteiger partial charge in [0.05, 0.1) is 18.0 Å². The van der Waals surface area contributed by atoms with Gasteiger partial charge >= 0.3 is 0 Å². The fraction of sp³-hybridized carbons (Fsp3) is 0.375. The van der Waals surface area contributed by atoms with Crippen LogP contribution in [0.25, 0.3) is 0 Å². The van der Waals surface area contributed by atoms with E-state index in [-0.39, 0.29) is 0 Å². The van der Waals surface area contributed by atoms with Crippen molar-refractivity contribution in [3.63, 3.8) is 0 Å². The number of nitrogens with one attached hydrogen (secondary N) is 1. The van der Waals surface area contributed by atoms with Crippen molar-refractivity contribution < 1.29 is 4.74 Å². The van der Waals surface area contributed by atoms with Gasteiger partial charge < -0.3 is 15.8 Å². The van der Waals surface area contributed by atoms with Crippen LogP contribution in [0.4, 0.5) is 11.4 Å².